The van der Waals surface area contributed by atoms with Gasteiger partial charge in [0, 0.05) is 5.41 Å². The molecule has 0 heterocycles. The van der Waals surface area contributed by atoms with E-state index in [0.717, 1.165) is 56.2 Å². The lowest BCUT2D eigenvalue weighted by atomic mass is 9.46. The molecule has 7 nitrogen and oxygen atoms in total. The molecule has 0 saturated heterocycles. The van der Waals surface area contributed by atoms with E-state index in [0.29, 0.717) is 24.2 Å². The van der Waals surface area contributed by atoms with Gasteiger partial charge >= 0.3 is 0 Å². The van der Waals surface area contributed by atoms with Crippen molar-refractivity contribution in [1.29, 1.82) is 0 Å². The number of carboxylic acid groups (broad SMARTS) is 1. The number of hydrogen-bond donors (Lipinski definition) is 2. The number of carbonyl (C=O) groups is 2. The van der Waals surface area contributed by atoms with E-state index in [2.05, 4.69) is 36.3 Å². The fourth-order valence-corrected chi connectivity index (χ4v) is 8.35. The van der Waals surface area contributed by atoms with Gasteiger partial charge in [-0.3, -0.25) is 4.79 Å². The van der Waals surface area contributed by atoms with Gasteiger partial charge in [0.05, 0.1) is 17.7 Å². The smallest absolute Gasteiger partial charge is 0.261 e. The maximum Gasteiger partial charge on any atom is 0.261 e. The molecule has 1 amide bonds. The highest BCUT2D eigenvalue weighted by Gasteiger charge is 2.63. The van der Waals surface area contributed by atoms with Gasteiger partial charge in [0.2, 0.25) is 0 Å². The van der Waals surface area contributed by atoms with E-state index < -0.39 is 23.5 Å². The van der Waals surface area contributed by atoms with E-state index in [-0.39, 0.29) is 23.9 Å². The van der Waals surface area contributed by atoms with Gasteiger partial charge in [-0.1, -0.05) is 60.8 Å². The van der Waals surface area contributed by atoms with Crippen LogP contribution in [0, 0.1) is 40.9 Å². The lowest BCUT2D eigenvalue weighted by Crippen LogP contribution is -2.54. The Morgan fingerprint density at radius 3 is 2.62 bits per heavy atom. The lowest BCUT2D eigenvalue weighted by Gasteiger charge is -2.58. The number of carbonyl (C=O) groups excluding carboxylic acids is 2. The zero-order valence-corrected chi connectivity index (χ0v) is 22.9. The number of fused-ring (bicyclic) bond motifs is 5. The highest BCUT2D eigenvalue weighted by atomic mass is 16.6. The number of terminal acetylenes is 1. The Kier molecular flexibility index (Phi) is 7.37. The first-order valence-corrected chi connectivity index (χ1v) is 14.2. The van der Waals surface area contributed by atoms with E-state index in [4.69, 9.17) is 11.3 Å². The molecule has 2 N–H and O–H groups in total. The molecule has 1 aromatic carbocycles. The Hall–Kier alpha value is -3.11. The van der Waals surface area contributed by atoms with Crippen LogP contribution in [0.15, 0.2) is 47.1 Å². The summed E-state index contributed by atoms with van der Waals surface area (Å²) in [5, 5.41) is 29.4. The average molecular weight is 532 g/mol. The average Bonchev–Trinajstić information content (AvgIpc) is 3.20. The quantitative estimate of drug-likeness (QED) is 0.415. The molecule has 0 aliphatic heterocycles. The van der Waals surface area contributed by atoms with Gasteiger partial charge < -0.3 is 25.2 Å². The third-order valence-corrected chi connectivity index (χ3v) is 10.6. The Bertz CT molecular complexity index is 1220. The number of amides is 1. The van der Waals surface area contributed by atoms with Crippen molar-refractivity contribution in [3.63, 3.8) is 0 Å². The molecular weight excluding hydrogens is 492 g/mol. The van der Waals surface area contributed by atoms with Gasteiger partial charge in [0.1, 0.15) is 5.60 Å². The maximum absolute atomic E-state index is 12.4. The minimum absolute atomic E-state index is 0.0939. The molecule has 4 unspecified atom stereocenters. The first kappa shape index (κ1) is 27.5. The predicted octanol–water partition coefficient (Wildman–Crippen LogP) is 3.16. The summed E-state index contributed by atoms with van der Waals surface area (Å²) in [6, 6.07) is 7.95. The number of allylic oxidation sites excluding steroid dienone is 2. The highest BCUT2D eigenvalue weighted by molar-refractivity contribution is 5.96. The van der Waals surface area contributed by atoms with Gasteiger partial charge in [-0.15, -0.1) is 6.42 Å². The van der Waals surface area contributed by atoms with Crippen LogP contribution in [-0.4, -0.2) is 40.9 Å². The van der Waals surface area contributed by atoms with E-state index in [1.807, 2.05) is 18.2 Å². The molecule has 0 aromatic heterocycles. The van der Waals surface area contributed by atoms with Crippen LogP contribution >= 0.6 is 0 Å². The number of nitrogens with one attached hydrogen (secondary N) is 1. The summed E-state index contributed by atoms with van der Waals surface area (Å²) in [6.45, 7) is 4.24. The van der Waals surface area contributed by atoms with Gasteiger partial charge in [0.25, 0.3) is 5.91 Å². The van der Waals surface area contributed by atoms with Crippen molar-refractivity contribution < 1.29 is 24.6 Å². The molecule has 1 aromatic rings. The summed E-state index contributed by atoms with van der Waals surface area (Å²) >= 11 is 0. The number of rotatable bonds is 7. The number of nitrogens with zero attached hydrogens (tertiary/aromatic N) is 1. The summed E-state index contributed by atoms with van der Waals surface area (Å²) < 4.78 is 0. The minimum atomic E-state index is -1.34. The monoisotopic (exact) mass is 531 g/mol. The third kappa shape index (κ3) is 4.89. The second-order valence-electron chi connectivity index (χ2n) is 12.5. The Labute approximate surface area is 231 Å². The number of carboxylic acids is 1. The fraction of sp³-hybridized carbons (Fsp3) is 0.594. The second-order valence-corrected chi connectivity index (χ2v) is 12.5. The molecule has 208 valence electrons. The molecule has 5 rings (SSSR count). The van der Waals surface area contributed by atoms with Gasteiger partial charge in [-0.25, -0.2) is 0 Å². The molecule has 3 saturated carbocycles. The maximum atomic E-state index is 12.4. The largest absolute Gasteiger partial charge is 0.548 e. The molecule has 7 atom stereocenters. The van der Waals surface area contributed by atoms with E-state index >= 15 is 0 Å². The van der Waals surface area contributed by atoms with Crippen molar-refractivity contribution in [2.45, 2.75) is 83.3 Å². The van der Waals surface area contributed by atoms with Crippen molar-refractivity contribution in [2.75, 3.05) is 6.61 Å². The summed E-state index contributed by atoms with van der Waals surface area (Å²) in [5.74, 6) is 2.46. The topological polar surface area (TPSA) is 111 Å². The van der Waals surface area contributed by atoms with Crippen LogP contribution in [0.25, 0.3) is 0 Å². The molecule has 0 radical (unpaired) electrons. The number of benzene rings is 1. The van der Waals surface area contributed by atoms with Crippen molar-refractivity contribution in [3.8, 4) is 12.3 Å². The molecule has 39 heavy (non-hydrogen) atoms. The van der Waals surface area contributed by atoms with Crippen LogP contribution in [0.2, 0.25) is 0 Å². The number of hydrogen-bond acceptors (Lipinski definition) is 6. The Balaban J connectivity index is 1.20. The van der Waals surface area contributed by atoms with Crippen molar-refractivity contribution in [1.82, 2.24) is 5.32 Å². The normalized spacial score (nSPS) is 36.9. The van der Waals surface area contributed by atoms with Crippen LogP contribution in [0.3, 0.4) is 0 Å². The minimum Gasteiger partial charge on any atom is -0.548 e. The van der Waals surface area contributed by atoms with E-state index in [1.165, 1.54) is 5.57 Å². The molecule has 4 aliphatic carbocycles. The third-order valence-electron chi connectivity index (χ3n) is 10.6. The van der Waals surface area contributed by atoms with E-state index in [9.17, 15) is 19.8 Å². The van der Waals surface area contributed by atoms with E-state index in [1.54, 1.807) is 12.1 Å². The molecule has 4 aliphatic rings. The van der Waals surface area contributed by atoms with Crippen LogP contribution < -0.4 is 10.4 Å². The molecule has 0 bridgehead atoms. The Morgan fingerprint density at radius 1 is 1.15 bits per heavy atom. The van der Waals surface area contributed by atoms with Crippen molar-refractivity contribution in [2.24, 2.45) is 33.7 Å². The highest BCUT2D eigenvalue weighted by Crippen LogP contribution is 2.67. The Morgan fingerprint density at radius 2 is 1.90 bits per heavy atom. The summed E-state index contributed by atoms with van der Waals surface area (Å²) in [6.07, 6.45) is 15.6. The van der Waals surface area contributed by atoms with Crippen LogP contribution in [0.5, 0.6) is 0 Å². The van der Waals surface area contributed by atoms with Gasteiger partial charge in [-0.05, 0) is 92.6 Å². The van der Waals surface area contributed by atoms with Crippen molar-refractivity contribution in [3.05, 3.63) is 47.5 Å². The van der Waals surface area contributed by atoms with Gasteiger partial charge in [0.15, 0.2) is 6.61 Å². The fourth-order valence-electron chi connectivity index (χ4n) is 8.35. The SMILES string of the molecule is C#C[C@@]1(O)CCC2C3CCC4=CC(=NOCC(=O)NC(Cc5ccccc5)C(=O)[O-])CC[C@]4(C)C3CC[C@@]21C. The number of oxime groups is 1. The molecule has 0 spiro atoms. The molecular formula is C32H39N2O5-. The molecule has 3 fully saturated rings. The number of aliphatic carboxylic acids is 1. The first-order chi connectivity index (χ1) is 18.6. The lowest BCUT2D eigenvalue weighted by molar-refractivity contribution is -0.308. The van der Waals surface area contributed by atoms with Gasteiger partial charge in [-0.2, -0.15) is 0 Å². The zero-order chi connectivity index (χ0) is 27.8. The predicted molar refractivity (Wildman–Crippen MR) is 146 cm³/mol. The summed E-state index contributed by atoms with van der Waals surface area (Å²) in [5.41, 5.74) is 1.91. The van der Waals surface area contributed by atoms with Crippen LogP contribution in [-0.2, 0) is 20.8 Å². The van der Waals surface area contributed by atoms with Crippen LogP contribution in [0.1, 0.15) is 70.8 Å². The zero-order valence-electron chi connectivity index (χ0n) is 22.9. The summed E-state index contributed by atoms with van der Waals surface area (Å²) in [4.78, 5) is 29.3. The second kappa shape index (κ2) is 10.5. The first-order valence-electron chi connectivity index (χ1n) is 14.2. The standard InChI is InChI=1S/C32H40N2O5/c1-4-32(38)17-14-26-24-11-10-22-19-23(12-15-30(22,2)25(24)13-16-31(26,32)3)34-39-20-28(35)33-27(29(36)37)18-21-8-6-5-7-9-21/h1,5-9,19,24-27,38H,10-18,20H2,2-3H3,(H,33,35)(H,36,37)/p-1/t24?,25?,26?,27?,30-,31-,32+/m0/s1. The van der Waals surface area contributed by atoms with Crippen molar-refractivity contribution >= 4 is 17.6 Å². The van der Waals surface area contributed by atoms with Crippen LogP contribution in [0.4, 0.5) is 0 Å². The number of aliphatic hydroxyl groups is 1. The molecule has 7 heteroatoms. The summed E-state index contributed by atoms with van der Waals surface area (Å²) in [7, 11) is 0.